The van der Waals surface area contributed by atoms with Gasteiger partial charge in [-0.05, 0) is 49.1 Å². The topological polar surface area (TPSA) is 55.0 Å². The fraction of sp³-hybridized carbons (Fsp3) is 0.154. The molecule has 0 aliphatic heterocycles. The molecule has 0 unspecified atom stereocenters. The third-order valence-electron chi connectivity index (χ3n) is 5.21. The van der Waals surface area contributed by atoms with Gasteiger partial charge in [0.1, 0.15) is 18.2 Å². The minimum atomic E-state index is -0.280. The van der Waals surface area contributed by atoms with E-state index in [4.69, 9.17) is 4.74 Å². The first kappa shape index (κ1) is 20.5. The molecular weight excluding hydrogens is 391 g/mol. The van der Waals surface area contributed by atoms with Crippen molar-refractivity contribution in [1.29, 1.82) is 0 Å². The van der Waals surface area contributed by atoms with E-state index in [1.165, 1.54) is 12.1 Å². The van der Waals surface area contributed by atoms with Gasteiger partial charge in [-0.25, -0.2) is 9.49 Å². The fourth-order valence-electron chi connectivity index (χ4n) is 3.68. The van der Waals surface area contributed by atoms with Gasteiger partial charge in [-0.3, -0.25) is 4.79 Å². The number of aromatic amines is 1. The Balaban J connectivity index is 1.68. The zero-order valence-corrected chi connectivity index (χ0v) is 17.3. The van der Waals surface area contributed by atoms with Crippen LogP contribution in [0.4, 0.5) is 4.39 Å². The number of ether oxygens (including phenoxy) is 1. The summed E-state index contributed by atoms with van der Waals surface area (Å²) in [6, 6.07) is 24.0. The summed E-state index contributed by atoms with van der Waals surface area (Å²) in [7, 11) is 0. The minimum Gasteiger partial charge on any atom is -0.488 e. The summed E-state index contributed by atoms with van der Waals surface area (Å²) >= 11 is 0. The van der Waals surface area contributed by atoms with Gasteiger partial charge < -0.3 is 4.74 Å². The zero-order valence-electron chi connectivity index (χ0n) is 17.3. The summed E-state index contributed by atoms with van der Waals surface area (Å²) in [5.74, 6) is 0.408. The smallest absolute Gasteiger partial charge is 0.268 e. The Kier molecular flexibility index (Phi) is 6.22. The third kappa shape index (κ3) is 4.89. The molecule has 31 heavy (non-hydrogen) atoms. The minimum absolute atomic E-state index is 0.241. The number of aryl methyl sites for hydroxylation is 2. The monoisotopic (exact) mass is 414 g/mol. The fourth-order valence-corrected chi connectivity index (χ4v) is 3.68. The van der Waals surface area contributed by atoms with E-state index in [1.807, 2.05) is 67.6 Å². The van der Waals surface area contributed by atoms with Crippen molar-refractivity contribution in [2.45, 2.75) is 26.4 Å². The van der Waals surface area contributed by atoms with Crippen molar-refractivity contribution in [3.05, 3.63) is 117 Å². The Morgan fingerprint density at radius 3 is 2.45 bits per heavy atom. The van der Waals surface area contributed by atoms with Gasteiger partial charge in [-0.1, -0.05) is 60.7 Å². The molecule has 3 aromatic carbocycles. The largest absolute Gasteiger partial charge is 0.488 e. The number of nitrogens with zero attached hydrogens (tertiary/aromatic N) is 1. The van der Waals surface area contributed by atoms with Crippen molar-refractivity contribution in [1.82, 2.24) is 10.2 Å². The maximum atomic E-state index is 13.6. The standard InChI is InChI=1S/C26H23FN2O2/c1-18-25(22-12-5-6-13-24(22)31-17-20-8-3-2-4-9-20)23(26(30)29-28-18)15-14-19-10-7-11-21(27)16-19/h2-13,16H,14-15,17H2,1H3,(H,29,30). The van der Waals surface area contributed by atoms with E-state index in [2.05, 4.69) is 10.2 Å². The van der Waals surface area contributed by atoms with Crippen LogP contribution in [0.1, 0.15) is 22.4 Å². The van der Waals surface area contributed by atoms with Gasteiger partial charge in [-0.2, -0.15) is 5.10 Å². The highest BCUT2D eigenvalue weighted by atomic mass is 19.1. The Labute approximate surface area is 180 Å². The SMILES string of the molecule is Cc1n[nH]c(=O)c(CCc2cccc(F)c2)c1-c1ccccc1OCc1ccccc1. The second kappa shape index (κ2) is 9.39. The highest BCUT2D eigenvalue weighted by Gasteiger charge is 2.17. The molecule has 0 radical (unpaired) electrons. The molecule has 0 aliphatic rings. The maximum Gasteiger partial charge on any atom is 0.268 e. The van der Waals surface area contributed by atoms with Crippen LogP contribution in [-0.4, -0.2) is 10.2 Å². The highest BCUT2D eigenvalue weighted by molar-refractivity contribution is 5.74. The average Bonchev–Trinajstić information content (AvgIpc) is 2.79. The van der Waals surface area contributed by atoms with Crippen LogP contribution in [0.15, 0.2) is 83.7 Å². The second-order valence-corrected chi connectivity index (χ2v) is 7.39. The van der Waals surface area contributed by atoms with Gasteiger partial charge >= 0.3 is 0 Å². The number of para-hydroxylation sites is 1. The number of benzene rings is 3. The van der Waals surface area contributed by atoms with E-state index in [0.29, 0.717) is 36.5 Å². The molecule has 4 aromatic rings. The number of H-pyrrole nitrogens is 1. The summed E-state index contributed by atoms with van der Waals surface area (Å²) in [6.07, 6.45) is 1.01. The van der Waals surface area contributed by atoms with E-state index in [-0.39, 0.29) is 11.4 Å². The normalized spacial score (nSPS) is 10.8. The van der Waals surface area contributed by atoms with Crippen LogP contribution in [0, 0.1) is 12.7 Å². The first-order valence-electron chi connectivity index (χ1n) is 10.2. The van der Waals surface area contributed by atoms with Crippen molar-refractivity contribution in [3.8, 4) is 16.9 Å². The molecule has 1 aromatic heterocycles. The number of aromatic nitrogens is 2. The van der Waals surface area contributed by atoms with Crippen molar-refractivity contribution < 1.29 is 9.13 Å². The van der Waals surface area contributed by atoms with E-state index in [0.717, 1.165) is 22.3 Å². The lowest BCUT2D eigenvalue weighted by molar-refractivity contribution is 0.307. The lowest BCUT2D eigenvalue weighted by atomic mass is 9.94. The van der Waals surface area contributed by atoms with Gasteiger partial charge in [0.2, 0.25) is 0 Å². The van der Waals surface area contributed by atoms with Gasteiger partial charge in [0.25, 0.3) is 5.56 Å². The van der Waals surface area contributed by atoms with E-state index < -0.39 is 0 Å². The van der Waals surface area contributed by atoms with Gasteiger partial charge in [0.05, 0.1) is 5.69 Å². The van der Waals surface area contributed by atoms with Crippen LogP contribution >= 0.6 is 0 Å². The van der Waals surface area contributed by atoms with Crippen molar-refractivity contribution in [2.75, 3.05) is 0 Å². The first-order chi connectivity index (χ1) is 15.1. The Bertz CT molecular complexity index is 1240. The quantitative estimate of drug-likeness (QED) is 0.449. The number of rotatable bonds is 7. The summed E-state index contributed by atoms with van der Waals surface area (Å²) in [6.45, 7) is 2.29. The van der Waals surface area contributed by atoms with Crippen LogP contribution in [0.2, 0.25) is 0 Å². The molecule has 0 saturated heterocycles. The van der Waals surface area contributed by atoms with Crippen molar-refractivity contribution in [2.24, 2.45) is 0 Å². The summed E-state index contributed by atoms with van der Waals surface area (Å²) in [5, 5.41) is 6.77. The molecule has 0 atom stereocenters. The van der Waals surface area contributed by atoms with Crippen molar-refractivity contribution in [3.63, 3.8) is 0 Å². The molecule has 0 saturated carbocycles. The van der Waals surface area contributed by atoms with Crippen molar-refractivity contribution >= 4 is 0 Å². The lowest BCUT2D eigenvalue weighted by Crippen LogP contribution is -2.18. The molecule has 0 fully saturated rings. The Hall–Kier alpha value is -3.73. The molecule has 0 bridgehead atoms. The molecule has 156 valence electrons. The first-order valence-corrected chi connectivity index (χ1v) is 10.2. The van der Waals surface area contributed by atoms with Crippen LogP contribution in [-0.2, 0) is 19.4 Å². The van der Waals surface area contributed by atoms with Gasteiger partial charge in [0, 0.05) is 16.7 Å². The predicted octanol–water partition coefficient (Wildman–Crippen LogP) is 5.25. The third-order valence-corrected chi connectivity index (χ3v) is 5.21. The predicted molar refractivity (Wildman–Crippen MR) is 120 cm³/mol. The summed E-state index contributed by atoms with van der Waals surface area (Å²) < 4.78 is 19.7. The molecule has 0 aliphatic carbocycles. The van der Waals surface area contributed by atoms with Crippen LogP contribution in [0.5, 0.6) is 5.75 Å². The van der Waals surface area contributed by atoms with Crippen LogP contribution in [0.3, 0.4) is 0 Å². The highest BCUT2D eigenvalue weighted by Crippen LogP contribution is 2.33. The molecule has 0 spiro atoms. The molecule has 0 amide bonds. The van der Waals surface area contributed by atoms with Gasteiger partial charge in [-0.15, -0.1) is 0 Å². The number of halogens is 1. The molecule has 1 heterocycles. The van der Waals surface area contributed by atoms with Crippen LogP contribution in [0.25, 0.3) is 11.1 Å². The van der Waals surface area contributed by atoms with E-state index in [1.54, 1.807) is 6.07 Å². The summed E-state index contributed by atoms with van der Waals surface area (Å²) in [5.41, 5.74) is 4.58. The van der Waals surface area contributed by atoms with E-state index in [9.17, 15) is 9.18 Å². The lowest BCUT2D eigenvalue weighted by Gasteiger charge is -2.16. The number of nitrogens with one attached hydrogen (secondary N) is 1. The molecular formula is C26H23FN2O2. The number of hydrogen-bond acceptors (Lipinski definition) is 3. The average molecular weight is 414 g/mol. The summed E-state index contributed by atoms with van der Waals surface area (Å²) in [4.78, 5) is 12.7. The second-order valence-electron chi connectivity index (χ2n) is 7.39. The Morgan fingerprint density at radius 1 is 0.903 bits per heavy atom. The van der Waals surface area contributed by atoms with E-state index >= 15 is 0 Å². The molecule has 4 rings (SSSR count). The molecule has 5 heteroatoms. The molecule has 4 nitrogen and oxygen atoms in total. The molecule has 1 N–H and O–H groups in total. The van der Waals surface area contributed by atoms with Gasteiger partial charge in [0.15, 0.2) is 0 Å². The Morgan fingerprint density at radius 2 is 1.65 bits per heavy atom. The zero-order chi connectivity index (χ0) is 21.6. The van der Waals surface area contributed by atoms with Crippen LogP contribution < -0.4 is 10.3 Å². The maximum absolute atomic E-state index is 13.6. The number of hydrogen-bond donors (Lipinski definition) is 1.